The number of benzene rings is 1. The first-order chi connectivity index (χ1) is 11.5. The number of ether oxygens (including phenoxy) is 1. The molecule has 3 aromatic rings. The SMILES string of the molecule is CC(=O)Nc1nc2ccc(COc3ccc(C(N)=O)cc3)nc2s1. The monoisotopic (exact) mass is 342 g/mol. The molecule has 3 N–H and O–H groups in total. The Morgan fingerprint density at radius 1 is 1.17 bits per heavy atom. The molecule has 0 saturated carbocycles. The van der Waals surface area contributed by atoms with Crippen LogP contribution in [0.15, 0.2) is 36.4 Å². The molecule has 1 aromatic carbocycles. The maximum absolute atomic E-state index is 11.1. The number of hydrogen-bond donors (Lipinski definition) is 2. The molecule has 2 amide bonds. The van der Waals surface area contributed by atoms with Gasteiger partial charge in [-0.2, -0.15) is 0 Å². The highest BCUT2D eigenvalue weighted by Gasteiger charge is 2.08. The molecule has 3 rings (SSSR count). The molecule has 24 heavy (non-hydrogen) atoms. The maximum Gasteiger partial charge on any atom is 0.248 e. The minimum Gasteiger partial charge on any atom is -0.487 e. The summed E-state index contributed by atoms with van der Waals surface area (Å²) in [6, 6.07) is 10.2. The lowest BCUT2D eigenvalue weighted by Crippen LogP contribution is -2.10. The lowest BCUT2D eigenvalue weighted by molar-refractivity contribution is -0.114. The number of thiazole rings is 1. The summed E-state index contributed by atoms with van der Waals surface area (Å²) in [7, 11) is 0. The number of primary amides is 1. The van der Waals surface area contributed by atoms with Crippen molar-refractivity contribution in [3.63, 3.8) is 0 Å². The number of nitrogens with one attached hydrogen (secondary N) is 1. The average molecular weight is 342 g/mol. The number of pyridine rings is 1. The normalized spacial score (nSPS) is 10.5. The van der Waals surface area contributed by atoms with Gasteiger partial charge < -0.3 is 15.8 Å². The van der Waals surface area contributed by atoms with Gasteiger partial charge in [0.1, 0.15) is 22.7 Å². The van der Waals surface area contributed by atoms with Gasteiger partial charge in [-0.15, -0.1) is 0 Å². The molecule has 0 fully saturated rings. The minimum absolute atomic E-state index is 0.169. The van der Waals surface area contributed by atoms with Gasteiger partial charge in [-0.3, -0.25) is 9.59 Å². The second-order valence-electron chi connectivity index (χ2n) is 5.00. The third kappa shape index (κ3) is 3.66. The highest BCUT2D eigenvalue weighted by atomic mass is 32.1. The standard InChI is InChI=1S/C16H14N4O3S/c1-9(21)18-16-20-13-7-4-11(19-15(13)24-16)8-23-12-5-2-10(3-6-12)14(17)22/h2-7H,8H2,1H3,(H2,17,22)(H,18,20,21). The lowest BCUT2D eigenvalue weighted by Gasteiger charge is -2.06. The number of carbonyl (C=O) groups excluding carboxylic acids is 2. The Balaban J connectivity index is 1.70. The van der Waals surface area contributed by atoms with E-state index in [1.807, 2.05) is 12.1 Å². The molecular formula is C16H14N4O3S. The van der Waals surface area contributed by atoms with Crippen molar-refractivity contribution >= 4 is 38.6 Å². The quantitative estimate of drug-likeness (QED) is 0.740. The van der Waals surface area contributed by atoms with Crippen LogP contribution in [0.2, 0.25) is 0 Å². The van der Waals surface area contributed by atoms with Crippen molar-refractivity contribution in [3.05, 3.63) is 47.7 Å². The van der Waals surface area contributed by atoms with E-state index in [0.29, 0.717) is 16.4 Å². The van der Waals surface area contributed by atoms with Crippen LogP contribution in [0, 0.1) is 0 Å². The topological polar surface area (TPSA) is 107 Å². The first kappa shape index (κ1) is 15.9. The van der Waals surface area contributed by atoms with Gasteiger partial charge in [0, 0.05) is 12.5 Å². The van der Waals surface area contributed by atoms with E-state index in [9.17, 15) is 9.59 Å². The summed E-state index contributed by atoms with van der Waals surface area (Å²) in [6.45, 7) is 1.71. The summed E-state index contributed by atoms with van der Waals surface area (Å²) in [5, 5.41) is 3.16. The van der Waals surface area contributed by atoms with Crippen LogP contribution in [0.4, 0.5) is 5.13 Å². The zero-order valence-corrected chi connectivity index (χ0v) is 13.6. The molecular weight excluding hydrogens is 328 g/mol. The maximum atomic E-state index is 11.1. The Morgan fingerprint density at radius 3 is 2.58 bits per heavy atom. The highest BCUT2D eigenvalue weighted by Crippen LogP contribution is 2.24. The summed E-state index contributed by atoms with van der Waals surface area (Å²) in [5.74, 6) is -0.0315. The molecule has 0 spiro atoms. The fourth-order valence-corrected chi connectivity index (χ4v) is 2.92. The van der Waals surface area contributed by atoms with E-state index in [-0.39, 0.29) is 12.5 Å². The molecule has 0 unspecified atom stereocenters. The molecule has 0 aliphatic carbocycles. The first-order valence-electron chi connectivity index (χ1n) is 7.08. The smallest absolute Gasteiger partial charge is 0.248 e. The highest BCUT2D eigenvalue weighted by molar-refractivity contribution is 7.21. The number of anilines is 1. The second-order valence-corrected chi connectivity index (χ2v) is 5.98. The number of nitrogens with two attached hydrogens (primary N) is 1. The van der Waals surface area contributed by atoms with Crippen molar-refractivity contribution < 1.29 is 14.3 Å². The molecule has 0 saturated heterocycles. The fraction of sp³-hybridized carbons (Fsp3) is 0.125. The van der Waals surface area contributed by atoms with Crippen LogP contribution in [0.3, 0.4) is 0 Å². The van der Waals surface area contributed by atoms with Crippen molar-refractivity contribution in [2.24, 2.45) is 5.73 Å². The zero-order valence-electron chi connectivity index (χ0n) is 12.8. The van der Waals surface area contributed by atoms with Crippen molar-refractivity contribution in [1.82, 2.24) is 9.97 Å². The summed E-state index contributed by atoms with van der Waals surface area (Å²) in [4.78, 5) is 31.6. The number of aromatic nitrogens is 2. The van der Waals surface area contributed by atoms with Gasteiger partial charge in [0.2, 0.25) is 11.8 Å². The molecule has 0 aliphatic rings. The van der Waals surface area contributed by atoms with Crippen LogP contribution in [0.25, 0.3) is 10.3 Å². The molecule has 2 heterocycles. The van der Waals surface area contributed by atoms with E-state index in [4.69, 9.17) is 10.5 Å². The van der Waals surface area contributed by atoms with E-state index < -0.39 is 5.91 Å². The number of carbonyl (C=O) groups is 2. The summed E-state index contributed by atoms with van der Waals surface area (Å²) < 4.78 is 5.65. The third-order valence-electron chi connectivity index (χ3n) is 3.12. The van der Waals surface area contributed by atoms with E-state index in [0.717, 1.165) is 16.0 Å². The van der Waals surface area contributed by atoms with Crippen molar-refractivity contribution in [2.45, 2.75) is 13.5 Å². The molecule has 0 atom stereocenters. The predicted octanol–water partition coefficient (Wildman–Crippen LogP) is 2.33. The fourth-order valence-electron chi connectivity index (χ4n) is 2.01. The van der Waals surface area contributed by atoms with Gasteiger partial charge in [-0.1, -0.05) is 11.3 Å². The van der Waals surface area contributed by atoms with Crippen LogP contribution in [-0.2, 0) is 11.4 Å². The van der Waals surface area contributed by atoms with E-state index >= 15 is 0 Å². The van der Waals surface area contributed by atoms with Gasteiger partial charge in [-0.25, -0.2) is 9.97 Å². The minimum atomic E-state index is -0.478. The average Bonchev–Trinajstić information content (AvgIpc) is 2.93. The predicted molar refractivity (Wildman–Crippen MR) is 91.0 cm³/mol. The van der Waals surface area contributed by atoms with Crippen molar-refractivity contribution in [1.29, 1.82) is 0 Å². The van der Waals surface area contributed by atoms with Crippen LogP contribution < -0.4 is 15.8 Å². The Bertz CT molecular complexity index is 905. The van der Waals surface area contributed by atoms with Crippen LogP contribution in [0.5, 0.6) is 5.75 Å². The summed E-state index contributed by atoms with van der Waals surface area (Å²) in [5.41, 5.74) is 7.08. The molecule has 122 valence electrons. The lowest BCUT2D eigenvalue weighted by atomic mass is 10.2. The van der Waals surface area contributed by atoms with Crippen LogP contribution in [0.1, 0.15) is 23.0 Å². The van der Waals surface area contributed by atoms with Crippen LogP contribution in [-0.4, -0.2) is 21.8 Å². The molecule has 0 aliphatic heterocycles. The Morgan fingerprint density at radius 2 is 1.92 bits per heavy atom. The zero-order chi connectivity index (χ0) is 17.1. The van der Waals surface area contributed by atoms with Crippen molar-refractivity contribution in [3.8, 4) is 5.75 Å². The van der Waals surface area contributed by atoms with Crippen LogP contribution >= 0.6 is 11.3 Å². The van der Waals surface area contributed by atoms with Gasteiger partial charge in [0.05, 0.1) is 5.69 Å². The second kappa shape index (κ2) is 6.63. The van der Waals surface area contributed by atoms with E-state index in [1.54, 1.807) is 24.3 Å². The Kier molecular flexibility index (Phi) is 4.39. The van der Waals surface area contributed by atoms with Gasteiger partial charge in [-0.05, 0) is 36.4 Å². The number of rotatable bonds is 5. The van der Waals surface area contributed by atoms with Gasteiger partial charge in [0.15, 0.2) is 5.13 Å². The molecule has 0 radical (unpaired) electrons. The van der Waals surface area contributed by atoms with E-state index in [2.05, 4.69) is 15.3 Å². The third-order valence-corrected chi connectivity index (χ3v) is 4.00. The summed E-state index contributed by atoms with van der Waals surface area (Å²) >= 11 is 1.31. The number of hydrogen-bond acceptors (Lipinski definition) is 6. The molecule has 8 heteroatoms. The Labute approximate surface area is 141 Å². The number of nitrogens with zero attached hydrogens (tertiary/aromatic N) is 2. The van der Waals surface area contributed by atoms with E-state index in [1.165, 1.54) is 18.3 Å². The first-order valence-corrected chi connectivity index (χ1v) is 7.89. The molecule has 7 nitrogen and oxygen atoms in total. The van der Waals surface area contributed by atoms with Gasteiger partial charge in [0.25, 0.3) is 0 Å². The molecule has 0 bridgehead atoms. The number of amides is 2. The number of fused-ring (bicyclic) bond motifs is 1. The molecule has 2 aromatic heterocycles. The van der Waals surface area contributed by atoms with Crippen molar-refractivity contribution in [2.75, 3.05) is 5.32 Å². The Hall–Kier alpha value is -3.00. The van der Waals surface area contributed by atoms with Gasteiger partial charge >= 0.3 is 0 Å². The summed E-state index contributed by atoms with van der Waals surface area (Å²) in [6.07, 6.45) is 0. The largest absolute Gasteiger partial charge is 0.487 e.